The van der Waals surface area contributed by atoms with Gasteiger partial charge in [-0.25, -0.2) is 9.07 Å². The third-order valence-corrected chi connectivity index (χ3v) is 4.68. The summed E-state index contributed by atoms with van der Waals surface area (Å²) in [6.45, 7) is 0. The van der Waals surface area contributed by atoms with Crippen LogP contribution in [0.2, 0.25) is 0 Å². The van der Waals surface area contributed by atoms with Crippen molar-refractivity contribution < 1.29 is 9.18 Å². The number of hydrogen-bond acceptors (Lipinski definition) is 5. The van der Waals surface area contributed by atoms with E-state index >= 15 is 0 Å². The van der Waals surface area contributed by atoms with Crippen molar-refractivity contribution in [3.63, 3.8) is 0 Å². The molecule has 0 aliphatic carbocycles. The summed E-state index contributed by atoms with van der Waals surface area (Å²) in [6.07, 6.45) is 1.62. The fraction of sp³-hybridized carbons (Fsp3) is 0.0625. The molecule has 1 aromatic heterocycles. The molecule has 8 heteroatoms. The van der Waals surface area contributed by atoms with E-state index in [1.54, 1.807) is 22.8 Å². The van der Waals surface area contributed by atoms with Gasteiger partial charge in [0.1, 0.15) is 17.5 Å². The predicted molar refractivity (Wildman–Crippen MR) is 88.8 cm³/mol. The van der Waals surface area contributed by atoms with Crippen LogP contribution in [0.3, 0.4) is 0 Å². The molecule has 2 N–H and O–H groups in total. The van der Waals surface area contributed by atoms with Crippen molar-refractivity contribution in [2.75, 3.05) is 10.7 Å². The van der Waals surface area contributed by atoms with Crippen LogP contribution in [0, 0.1) is 5.82 Å². The molecule has 0 saturated heterocycles. The molecule has 1 aliphatic rings. The minimum atomic E-state index is -0.368. The number of benzene rings is 2. The fourth-order valence-electron chi connectivity index (χ4n) is 2.34. The monoisotopic (exact) mass is 341 g/mol. The largest absolute Gasteiger partial charge is 0.322 e. The Balaban J connectivity index is 1.43. The summed E-state index contributed by atoms with van der Waals surface area (Å²) in [7, 11) is 0. The maximum atomic E-state index is 12.9. The van der Waals surface area contributed by atoms with Crippen LogP contribution in [-0.4, -0.2) is 20.8 Å². The second kappa shape index (κ2) is 5.97. The standard InChI is InChI=1S/C16H12FN5OS/c17-12-5-1-10(2-6-12)14(23)19-13-7-3-11(4-8-13)15-21-22-9-18-20-16(22)24-15/h1-9,15,21H,(H,19,23)/t15-/m0/s1. The number of hydrogen-bond donors (Lipinski definition) is 2. The quantitative estimate of drug-likeness (QED) is 0.766. The minimum Gasteiger partial charge on any atom is -0.322 e. The lowest BCUT2D eigenvalue weighted by atomic mass is 10.2. The van der Waals surface area contributed by atoms with Crippen molar-refractivity contribution in [1.29, 1.82) is 0 Å². The summed E-state index contributed by atoms with van der Waals surface area (Å²) in [5.41, 5.74) is 5.40. The van der Waals surface area contributed by atoms with Gasteiger partial charge < -0.3 is 10.7 Å². The maximum absolute atomic E-state index is 12.9. The van der Waals surface area contributed by atoms with Crippen LogP contribution in [0.1, 0.15) is 21.3 Å². The zero-order chi connectivity index (χ0) is 16.5. The Morgan fingerprint density at radius 1 is 1.17 bits per heavy atom. The number of halogens is 1. The SMILES string of the molecule is O=C(Nc1ccc([C@H]2Nn3cnnc3S2)cc1)c1ccc(F)cc1. The second-order valence-electron chi connectivity index (χ2n) is 5.19. The van der Waals surface area contributed by atoms with Gasteiger partial charge in [-0.05, 0) is 42.0 Å². The third kappa shape index (κ3) is 2.83. The van der Waals surface area contributed by atoms with Crippen molar-refractivity contribution in [2.45, 2.75) is 10.5 Å². The first kappa shape index (κ1) is 14.7. The molecule has 1 atom stereocenters. The highest BCUT2D eigenvalue weighted by molar-refractivity contribution is 7.99. The van der Waals surface area contributed by atoms with E-state index in [1.165, 1.54) is 24.3 Å². The lowest BCUT2D eigenvalue weighted by Crippen LogP contribution is -2.13. The molecule has 2 heterocycles. The molecule has 4 rings (SSSR count). The van der Waals surface area contributed by atoms with Gasteiger partial charge in [0.2, 0.25) is 5.16 Å². The van der Waals surface area contributed by atoms with Gasteiger partial charge in [-0.3, -0.25) is 4.79 Å². The Morgan fingerprint density at radius 2 is 1.92 bits per heavy atom. The summed E-state index contributed by atoms with van der Waals surface area (Å²) < 4.78 is 14.7. The first-order chi connectivity index (χ1) is 11.7. The van der Waals surface area contributed by atoms with E-state index in [0.29, 0.717) is 11.3 Å². The Hall–Kier alpha value is -2.87. The average molecular weight is 341 g/mol. The van der Waals surface area contributed by atoms with Crippen molar-refractivity contribution in [3.05, 3.63) is 71.8 Å². The van der Waals surface area contributed by atoms with Gasteiger partial charge in [0.25, 0.3) is 5.91 Å². The maximum Gasteiger partial charge on any atom is 0.255 e. The third-order valence-electron chi connectivity index (χ3n) is 3.57. The van der Waals surface area contributed by atoms with Gasteiger partial charge in [-0.1, -0.05) is 23.9 Å². The summed E-state index contributed by atoms with van der Waals surface area (Å²) >= 11 is 1.57. The highest BCUT2D eigenvalue weighted by Gasteiger charge is 2.24. The highest BCUT2D eigenvalue weighted by Crippen LogP contribution is 2.37. The highest BCUT2D eigenvalue weighted by atomic mass is 32.2. The van der Waals surface area contributed by atoms with Crippen molar-refractivity contribution >= 4 is 23.4 Å². The second-order valence-corrected chi connectivity index (χ2v) is 6.27. The summed E-state index contributed by atoms with van der Waals surface area (Å²) in [5.74, 6) is -0.644. The molecular formula is C16H12FN5OS. The molecule has 3 aromatic rings. The molecule has 1 amide bonds. The number of rotatable bonds is 3. The normalized spacial score (nSPS) is 15.6. The van der Waals surface area contributed by atoms with Crippen LogP contribution in [0.15, 0.2) is 60.0 Å². The molecule has 1 aliphatic heterocycles. The van der Waals surface area contributed by atoms with E-state index in [0.717, 1.165) is 10.7 Å². The summed E-state index contributed by atoms with van der Waals surface area (Å²) in [6, 6.07) is 13.0. The van der Waals surface area contributed by atoms with E-state index in [4.69, 9.17) is 0 Å². The van der Waals surface area contributed by atoms with Gasteiger partial charge >= 0.3 is 0 Å². The number of aromatic nitrogens is 3. The lowest BCUT2D eigenvalue weighted by Gasteiger charge is -2.11. The molecule has 0 saturated carbocycles. The number of carbonyl (C=O) groups excluding carboxylic acids is 1. The van der Waals surface area contributed by atoms with Crippen molar-refractivity contribution in [2.24, 2.45) is 0 Å². The van der Waals surface area contributed by atoms with Crippen LogP contribution in [0.25, 0.3) is 0 Å². The number of anilines is 1. The average Bonchev–Trinajstić information content (AvgIpc) is 3.18. The zero-order valence-corrected chi connectivity index (χ0v) is 13.1. The molecule has 2 aromatic carbocycles. The van der Waals surface area contributed by atoms with Gasteiger partial charge in [-0.15, -0.1) is 10.2 Å². The van der Waals surface area contributed by atoms with Crippen LogP contribution < -0.4 is 10.7 Å². The number of fused-ring (bicyclic) bond motifs is 1. The molecule has 24 heavy (non-hydrogen) atoms. The minimum absolute atomic E-state index is 0.0531. The van der Waals surface area contributed by atoms with E-state index < -0.39 is 0 Å². The molecule has 0 bridgehead atoms. The Bertz CT molecular complexity index is 858. The van der Waals surface area contributed by atoms with Gasteiger partial charge in [0, 0.05) is 11.3 Å². The molecule has 0 spiro atoms. The number of carbonyl (C=O) groups is 1. The first-order valence-electron chi connectivity index (χ1n) is 7.19. The van der Waals surface area contributed by atoms with Crippen LogP contribution in [0.4, 0.5) is 10.1 Å². The molecule has 120 valence electrons. The summed E-state index contributed by atoms with van der Waals surface area (Å²) in [4.78, 5) is 12.1. The first-order valence-corrected chi connectivity index (χ1v) is 8.07. The topological polar surface area (TPSA) is 71.8 Å². The van der Waals surface area contributed by atoms with Gasteiger partial charge in [0.15, 0.2) is 0 Å². The predicted octanol–water partition coefficient (Wildman–Crippen LogP) is 3.02. The van der Waals surface area contributed by atoms with E-state index in [1.807, 2.05) is 24.3 Å². The lowest BCUT2D eigenvalue weighted by molar-refractivity contribution is 0.102. The smallest absolute Gasteiger partial charge is 0.255 e. The van der Waals surface area contributed by atoms with Gasteiger partial charge in [-0.2, -0.15) is 0 Å². The molecule has 0 unspecified atom stereocenters. The van der Waals surface area contributed by atoms with E-state index in [2.05, 4.69) is 20.9 Å². The zero-order valence-electron chi connectivity index (χ0n) is 12.3. The Morgan fingerprint density at radius 3 is 2.62 bits per heavy atom. The van der Waals surface area contributed by atoms with Crippen LogP contribution in [0.5, 0.6) is 0 Å². The number of thioether (sulfide) groups is 1. The van der Waals surface area contributed by atoms with Crippen LogP contribution in [-0.2, 0) is 0 Å². The van der Waals surface area contributed by atoms with E-state index in [-0.39, 0.29) is 17.1 Å². The Labute approximate surface area is 141 Å². The molecule has 6 nitrogen and oxygen atoms in total. The van der Waals surface area contributed by atoms with Crippen LogP contribution >= 0.6 is 11.8 Å². The fourth-order valence-corrected chi connectivity index (χ4v) is 3.32. The molecular weight excluding hydrogens is 329 g/mol. The van der Waals surface area contributed by atoms with Crippen molar-refractivity contribution in [3.8, 4) is 0 Å². The Kier molecular flexibility index (Phi) is 3.66. The van der Waals surface area contributed by atoms with Gasteiger partial charge in [0.05, 0.1) is 0 Å². The molecule has 0 radical (unpaired) electrons. The molecule has 0 fully saturated rings. The number of nitrogens with zero attached hydrogens (tertiary/aromatic N) is 3. The number of nitrogens with one attached hydrogen (secondary N) is 2. The number of amides is 1. The van der Waals surface area contributed by atoms with E-state index in [9.17, 15) is 9.18 Å². The van der Waals surface area contributed by atoms with Crippen molar-refractivity contribution in [1.82, 2.24) is 14.9 Å². The summed E-state index contributed by atoms with van der Waals surface area (Å²) in [5, 5.41) is 11.5.